The summed E-state index contributed by atoms with van der Waals surface area (Å²) in [4.78, 5) is 2.38. The Bertz CT molecular complexity index is 240. The number of hydrazine groups is 2. The summed E-state index contributed by atoms with van der Waals surface area (Å²) in [5.41, 5.74) is 6.21. The lowest BCUT2D eigenvalue weighted by Gasteiger charge is -2.35. The number of nitrogens with one attached hydrogen (secondary N) is 2. The van der Waals surface area contributed by atoms with Gasteiger partial charge in [-0.3, -0.25) is 5.43 Å². The molecule has 0 radical (unpaired) electrons. The van der Waals surface area contributed by atoms with E-state index in [-0.39, 0.29) is 5.37 Å². The number of hydrogen-bond acceptors (Lipinski definition) is 6. The normalized spacial score (nSPS) is 20.9. The van der Waals surface area contributed by atoms with Crippen LogP contribution in [0, 0.1) is 0 Å². The van der Waals surface area contributed by atoms with E-state index in [4.69, 9.17) is 0 Å². The molecule has 17 heavy (non-hydrogen) atoms. The molecule has 1 heterocycles. The minimum Gasteiger partial charge on any atom is -0.358 e. The van der Waals surface area contributed by atoms with E-state index < -0.39 is 0 Å². The van der Waals surface area contributed by atoms with Crippen molar-refractivity contribution in [2.75, 3.05) is 13.1 Å². The van der Waals surface area contributed by atoms with Crippen LogP contribution < -0.4 is 10.9 Å². The van der Waals surface area contributed by atoms with Crippen LogP contribution in [0.5, 0.6) is 0 Å². The van der Waals surface area contributed by atoms with Crippen LogP contribution in [0.3, 0.4) is 0 Å². The average molecular weight is 276 g/mol. The minimum atomic E-state index is 0.00880. The Balaban J connectivity index is 2.60. The van der Waals surface area contributed by atoms with Gasteiger partial charge in [-0.2, -0.15) is 12.6 Å². The average Bonchev–Trinajstić information content (AvgIpc) is 2.28. The molecule has 0 aromatic carbocycles. The van der Waals surface area contributed by atoms with Crippen molar-refractivity contribution < 1.29 is 0 Å². The van der Waals surface area contributed by atoms with Gasteiger partial charge in [-0.15, -0.1) is 0 Å². The molecule has 0 spiro atoms. The number of rotatable bonds is 7. The van der Waals surface area contributed by atoms with Gasteiger partial charge in [-0.05, 0) is 18.9 Å². The second kappa shape index (κ2) is 8.13. The van der Waals surface area contributed by atoms with Gasteiger partial charge in [-0.1, -0.05) is 44.0 Å². The zero-order chi connectivity index (χ0) is 12.7. The molecular weight excluding hydrogens is 252 g/mol. The molecule has 0 aliphatic carbocycles. The molecule has 1 aliphatic rings. The molecule has 0 aromatic heterocycles. The Morgan fingerprint density at radius 3 is 2.35 bits per heavy atom. The number of nitrogens with zero attached hydrogens (tertiary/aromatic N) is 2. The van der Waals surface area contributed by atoms with E-state index in [2.05, 4.69) is 61.1 Å². The molecule has 2 N–H and O–H groups in total. The van der Waals surface area contributed by atoms with Crippen LogP contribution in [0.15, 0.2) is 11.9 Å². The van der Waals surface area contributed by atoms with Crippen LogP contribution in [-0.4, -0.2) is 27.9 Å². The highest BCUT2D eigenvalue weighted by Gasteiger charge is 2.18. The molecule has 0 fully saturated rings. The first-order valence-corrected chi connectivity index (χ1v) is 7.25. The maximum absolute atomic E-state index is 4.41. The SMILES string of the molecule is CCCCN(CCCC)C1=CC(S)NN(S)N1. The second-order valence-electron chi connectivity index (χ2n) is 4.24. The highest BCUT2D eigenvalue weighted by molar-refractivity contribution is 7.81. The lowest BCUT2D eigenvalue weighted by molar-refractivity contribution is 0.204. The number of unbranched alkanes of at least 4 members (excludes halogenated alkanes) is 2. The zero-order valence-electron chi connectivity index (χ0n) is 10.7. The summed E-state index contributed by atoms with van der Waals surface area (Å²) in [6, 6.07) is 0. The van der Waals surface area contributed by atoms with Crippen LogP contribution in [0.2, 0.25) is 0 Å². The molecule has 1 aliphatic heterocycles. The topological polar surface area (TPSA) is 30.5 Å². The highest BCUT2D eigenvalue weighted by atomic mass is 32.1. The Hall–Kier alpha value is -0.0400. The number of hydrogen-bond donors (Lipinski definition) is 4. The van der Waals surface area contributed by atoms with Gasteiger partial charge in [-0.25, -0.2) is 5.43 Å². The highest BCUT2D eigenvalue weighted by Crippen LogP contribution is 2.13. The largest absolute Gasteiger partial charge is 0.358 e. The second-order valence-corrected chi connectivity index (χ2v) is 5.20. The van der Waals surface area contributed by atoms with Gasteiger partial charge in [0.25, 0.3) is 0 Å². The summed E-state index contributed by atoms with van der Waals surface area (Å²) < 4.78 is 1.57. The molecule has 100 valence electrons. The predicted molar refractivity (Wildman–Crippen MR) is 79.3 cm³/mol. The van der Waals surface area contributed by atoms with E-state index in [9.17, 15) is 0 Å². The summed E-state index contributed by atoms with van der Waals surface area (Å²) in [7, 11) is 0. The van der Waals surface area contributed by atoms with E-state index in [1.54, 1.807) is 4.52 Å². The first kappa shape index (κ1) is 15.0. The molecule has 0 saturated heterocycles. The van der Waals surface area contributed by atoms with Gasteiger partial charge < -0.3 is 4.90 Å². The Morgan fingerprint density at radius 1 is 1.29 bits per heavy atom. The van der Waals surface area contributed by atoms with Crippen LogP contribution in [0.4, 0.5) is 0 Å². The fourth-order valence-corrected chi connectivity index (χ4v) is 2.29. The molecule has 6 heteroatoms. The molecule has 1 rings (SSSR count). The van der Waals surface area contributed by atoms with Crippen molar-refractivity contribution >= 4 is 25.4 Å². The van der Waals surface area contributed by atoms with E-state index >= 15 is 0 Å². The molecule has 0 saturated carbocycles. The van der Waals surface area contributed by atoms with Gasteiger partial charge >= 0.3 is 0 Å². The van der Waals surface area contributed by atoms with Crippen LogP contribution in [0.1, 0.15) is 39.5 Å². The summed E-state index contributed by atoms with van der Waals surface area (Å²) in [6.07, 6.45) is 6.92. The summed E-state index contributed by atoms with van der Waals surface area (Å²) >= 11 is 8.66. The summed E-state index contributed by atoms with van der Waals surface area (Å²) in [6.45, 7) is 6.60. The summed E-state index contributed by atoms with van der Waals surface area (Å²) in [5.74, 6) is 1.10. The van der Waals surface area contributed by atoms with Gasteiger partial charge in [0.2, 0.25) is 0 Å². The van der Waals surface area contributed by atoms with Crippen molar-refractivity contribution in [3.63, 3.8) is 0 Å². The fraction of sp³-hybridized carbons (Fsp3) is 0.818. The maximum Gasteiger partial charge on any atom is 0.116 e. The van der Waals surface area contributed by atoms with Crippen molar-refractivity contribution in [3.05, 3.63) is 11.9 Å². The lowest BCUT2D eigenvalue weighted by atomic mass is 10.2. The maximum atomic E-state index is 4.41. The lowest BCUT2D eigenvalue weighted by Crippen LogP contribution is -2.52. The van der Waals surface area contributed by atoms with Crippen molar-refractivity contribution in [1.29, 1.82) is 0 Å². The van der Waals surface area contributed by atoms with E-state index in [1.807, 2.05) is 0 Å². The monoisotopic (exact) mass is 276 g/mol. The minimum absolute atomic E-state index is 0.00880. The number of thiol groups is 2. The van der Waals surface area contributed by atoms with Gasteiger partial charge in [0, 0.05) is 13.1 Å². The molecule has 0 aromatic rings. The van der Waals surface area contributed by atoms with Crippen LogP contribution in [-0.2, 0) is 0 Å². The molecule has 1 unspecified atom stereocenters. The predicted octanol–water partition coefficient (Wildman–Crippen LogP) is 2.16. The smallest absolute Gasteiger partial charge is 0.116 e. The van der Waals surface area contributed by atoms with Crippen molar-refractivity contribution in [1.82, 2.24) is 20.3 Å². The standard InChI is InChI=1S/C11H24N4S2/c1-3-5-7-14(8-6-4-2)10-9-11(16)13-15(17)12-10/h9,11-13,16-17H,3-8H2,1-2H3. The van der Waals surface area contributed by atoms with E-state index in [1.165, 1.54) is 25.7 Å². The fourth-order valence-electron chi connectivity index (χ4n) is 1.72. The van der Waals surface area contributed by atoms with Crippen molar-refractivity contribution in [2.45, 2.75) is 44.9 Å². The summed E-state index contributed by atoms with van der Waals surface area (Å²) in [5, 5.41) is 0.00880. The third-order valence-electron chi connectivity index (χ3n) is 2.69. The van der Waals surface area contributed by atoms with Crippen LogP contribution >= 0.6 is 25.4 Å². The molecular formula is C11H24N4S2. The quantitative estimate of drug-likeness (QED) is 0.537. The Kier molecular flexibility index (Phi) is 7.18. The third kappa shape index (κ3) is 5.42. The van der Waals surface area contributed by atoms with Crippen molar-refractivity contribution in [3.8, 4) is 0 Å². The molecule has 0 amide bonds. The Morgan fingerprint density at radius 2 is 1.88 bits per heavy atom. The molecule has 0 bridgehead atoms. The van der Waals surface area contributed by atoms with E-state index in [0.29, 0.717) is 0 Å². The van der Waals surface area contributed by atoms with Crippen LogP contribution in [0.25, 0.3) is 0 Å². The zero-order valence-corrected chi connectivity index (χ0v) is 12.5. The molecule has 1 atom stereocenters. The van der Waals surface area contributed by atoms with Crippen molar-refractivity contribution in [2.24, 2.45) is 0 Å². The Labute approximate surface area is 116 Å². The van der Waals surface area contributed by atoms with E-state index in [0.717, 1.165) is 18.9 Å². The first-order chi connectivity index (χ1) is 8.17. The van der Waals surface area contributed by atoms with Gasteiger partial charge in [0.15, 0.2) is 0 Å². The third-order valence-corrected chi connectivity index (χ3v) is 3.17. The van der Waals surface area contributed by atoms with Gasteiger partial charge in [0.05, 0.1) is 5.37 Å². The van der Waals surface area contributed by atoms with Gasteiger partial charge in [0.1, 0.15) is 5.82 Å². The molecule has 4 nitrogen and oxygen atoms in total. The first-order valence-electron chi connectivity index (χ1n) is 6.34.